The first-order valence-electron chi connectivity index (χ1n) is 9.19. The molecule has 0 bridgehead atoms. The Bertz CT molecular complexity index is 730. The Labute approximate surface area is 148 Å². The number of aryl methyl sites for hydroxylation is 2. The van der Waals surface area contributed by atoms with E-state index < -0.39 is 0 Å². The van der Waals surface area contributed by atoms with Crippen LogP contribution in [0.15, 0.2) is 10.5 Å². The number of nitrogens with one attached hydrogen (secondary N) is 1. The number of carbonyl (C=O) groups is 1. The fourth-order valence-electron chi connectivity index (χ4n) is 3.29. The highest BCUT2D eigenvalue weighted by atomic mass is 16.4. The van der Waals surface area contributed by atoms with E-state index in [9.17, 15) is 4.79 Å². The molecule has 3 heterocycles. The predicted octanol–water partition coefficient (Wildman–Crippen LogP) is 2.15. The summed E-state index contributed by atoms with van der Waals surface area (Å²) in [6.45, 7) is 10.4. The molecule has 3 rings (SSSR count). The predicted molar refractivity (Wildman–Crippen MR) is 94.2 cm³/mol. The van der Waals surface area contributed by atoms with Crippen LogP contribution in [0.5, 0.6) is 0 Å². The highest BCUT2D eigenvalue weighted by molar-refractivity contribution is 5.91. The lowest BCUT2D eigenvalue weighted by molar-refractivity contribution is 0.0920. The number of hydrogen-bond acceptors (Lipinski definition) is 5. The maximum atomic E-state index is 12.5. The Morgan fingerprint density at radius 1 is 1.32 bits per heavy atom. The van der Waals surface area contributed by atoms with E-state index in [0.29, 0.717) is 12.3 Å². The van der Waals surface area contributed by atoms with Crippen molar-refractivity contribution in [3.05, 3.63) is 34.8 Å². The first-order valence-corrected chi connectivity index (χ1v) is 9.19. The summed E-state index contributed by atoms with van der Waals surface area (Å²) in [4.78, 5) is 14.8. The van der Waals surface area contributed by atoms with E-state index in [1.54, 1.807) is 0 Å². The fraction of sp³-hybridized carbons (Fsp3) is 0.611. The number of hydrogen-bond donors (Lipinski definition) is 1. The number of carbonyl (C=O) groups excluding carboxylic acids is 1. The van der Waals surface area contributed by atoms with Gasteiger partial charge in [-0.25, -0.2) is 0 Å². The van der Waals surface area contributed by atoms with Gasteiger partial charge in [-0.05, 0) is 25.6 Å². The van der Waals surface area contributed by atoms with Crippen molar-refractivity contribution < 1.29 is 9.21 Å². The van der Waals surface area contributed by atoms with Crippen LogP contribution < -0.4 is 5.32 Å². The van der Waals surface area contributed by atoms with Gasteiger partial charge >= 0.3 is 0 Å². The van der Waals surface area contributed by atoms with Crippen molar-refractivity contribution in [2.75, 3.05) is 13.1 Å². The van der Waals surface area contributed by atoms with Gasteiger partial charge in [-0.1, -0.05) is 20.8 Å². The molecule has 136 valence electrons. The molecule has 0 aromatic carbocycles. The zero-order chi connectivity index (χ0) is 17.8. The maximum absolute atomic E-state index is 12.5. The van der Waals surface area contributed by atoms with Gasteiger partial charge in [0.05, 0.1) is 6.54 Å². The number of rotatable bonds is 8. The van der Waals surface area contributed by atoms with Crippen molar-refractivity contribution in [3.63, 3.8) is 0 Å². The van der Waals surface area contributed by atoms with Gasteiger partial charge in [0.15, 0.2) is 11.6 Å². The third-order valence-corrected chi connectivity index (χ3v) is 4.82. The number of furan rings is 1. The second kappa shape index (κ2) is 7.82. The third kappa shape index (κ3) is 3.76. The zero-order valence-corrected chi connectivity index (χ0v) is 15.3. The number of amides is 1. The summed E-state index contributed by atoms with van der Waals surface area (Å²) in [6.07, 6.45) is 2.84. The van der Waals surface area contributed by atoms with E-state index in [1.165, 1.54) is 0 Å². The van der Waals surface area contributed by atoms with Crippen LogP contribution in [-0.4, -0.2) is 38.7 Å². The van der Waals surface area contributed by atoms with Crippen LogP contribution >= 0.6 is 0 Å². The summed E-state index contributed by atoms with van der Waals surface area (Å²) in [7, 11) is 0. The van der Waals surface area contributed by atoms with Crippen LogP contribution in [0.2, 0.25) is 0 Å². The summed E-state index contributed by atoms with van der Waals surface area (Å²) < 4.78 is 7.89. The monoisotopic (exact) mass is 345 g/mol. The molecule has 0 unspecified atom stereocenters. The Morgan fingerprint density at radius 2 is 2.12 bits per heavy atom. The van der Waals surface area contributed by atoms with Crippen molar-refractivity contribution >= 4 is 5.91 Å². The molecule has 0 atom stereocenters. The minimum absolute atomic E-state index is 0.198. The highest BCUT2D eigenvalue weighted by Crippen LogP contribution is 2.19. The zero-order valence-electron chi connectivity index (χ0n) is 15.3. The van der Waals surface area contributed by atoms with E-state index in [1.807, 2.05) is 13.0 Å². The molecule has 1 aliphatic rings. The Kier molecular flexibility index (Phi) is 5.53. The summed E-state index contributed by atoms with van der Waals surface area (Å²) in [5, 5.41) is 11.2. The first kappa shape index (κ1) is 17.7. The molecule has 7 nitrogen and oxygen atoms in total. The lowest BCUT2D eigenvalue weighted by atomic mass is 10.2. The normalized spacial score (nSPS) is 13.4. The number of nitrogens with zero attached hydrogens (tertiary/aromatic N) is 4. The van der Waals surface area contributed by atoms with Crippen molar-refractivity contribution in [2.24, 2.45) is 0 Å². The lowest BCUT2D eigenvalue weighted by Crippen LogP contribution is -2.24. The second-order valence-corrected chi connectivity index (χ2v) is 6.34. The Balaban J connectivity index is 1.66. The van der Waals surface area contributed by atoms with E-state index in [2.05, 4.69) is 38.8 Å². The molecule has 1 aliphatic heterocycles. The first-order chi connectivity index (χ1) is 12.2. The fourth-order valence-corrected chi connectivity index (χ4v) is 3.29. The Hall–Kier alpha value is -2.15. The minimum atomic E-state index is -0.198. The molecule has 0 spiro atoms. The van der Waals surface area contributed by atoms with Gasteiger partial charge in [0, 0.05) is 31.5 Å². The van der Waals surface area contributed by atoms with Crippen LogP contribution in [0.25, 0.3) is 0 Å². The van der Waals surface area contributed by atoms with Gasteiger partial charge in [0.25, 0.3) is 5.91 Å². The van der Waals surface area contributed by atoms with Crippen LogP contribution in [0, 0.1) is 0 Å². The van der Waals surface area contributed by atoms with Crippen LogP contribution in [0.3, 0.4) is 0 Å². The van der Waals surface area contributed by atoms with Gasteiger partial charge in [-0.15, -0.1) is 10.2 Å². The van der Waals surface area contributed by atoms with Crippen molar-refractivity contribution in [1.82, 2.24) is 25.0 Å². The molecule has 0 radical (unpaired) electrons. The summed E-state index contributed by atoms with van der Waals surface area (Å²) in [5.41, 5.74) is 1.10. The van der Waals surface area contributed by atoms with E-state index in [0.717, 1.165) is 68.4 Å². The molecular weight excluding hydrogens is 318 g/mol. The summed E-state index contributed by atoms with van der Waals surface area (Å²) in [5.74, 6) is 2.89. The largest absolute Gasteiger partial charge is 0.456 e. The molecule has 2 aromatic heterocycles. The van der Waals surface area contributed by atoms with Gasteiger partial charge < -0.3 is 14.3 Å². The Morgan fingerprint density at radius 3 is 2.84 bits per heavy atom. The SMILES string of the molecule is CCc1oc(C(=O)NCc2nnc3n2CCC3)cc1CN(CC)CC. The van der Waals surface area contributed by atoms with Crippen molar-refractivity contribution in [2.45, 2.75) is 59.7 Å². The molecule has 0 saturated carbocycles. The number of fused-ring (bicyclic) bond motifs is 1. The molecule has 1 N–H and O–H groups in total. The van der Waals surface area contributed by atoms with Gasteiger partial charge in [-0.2, -0.15) is 0 Å². The lowest BCUT2D eigenvalue weighted by Gasteiger charge is -2.17. The van der Waals surface area contributed by atoms with E-state index in [4.69, 9.17) is 4.42 Å². The summed E-state index contributed by atoms with van der Waals surface area (Å²) in [6, 6.07) is 1.88. The van der Waals surface area contributed by atoms with Crippen LogP contribution in [0.4, 0.5) is 0 Å². The van der Waals surface area contributed by atoms with Gasteiger partial charge in [0.2, 0.25) is 0 Å². The maximum Gasteiger partial charge on any atom is 0.287 e. The molecule has 2 aromatic rings. The second-order valence-electron chi connectivity index (χ2n) is 6.34. The van der Waals surface area contributed by atoms with Crippen molar-refractivity contribution in [1.29, 1.82) is 0 Å². The van der Waals surface area contributed by atoms with Gasteiger partial charge in [-0.3, -0.25) is 9.69 Å². The standard InChI is InChI=1S/C18H27N5O2/c1-4-14-13(12-22(5-2)6-3)10-15(25-14)18(24)19-11-17-21-20-16-8-7-9-23(16)17/h10H,4-9,11-12H2,1-3H3,(H,19,24). The van der Waals surface area contributed by atoms with E-state index >= 15 is 0 Å². The molecule has 0 fully saturated rings. The molecule has 0 saturated heterocycles. The average Bonchev–Trinajstić information content (AvgIpc) is 3.33. The van der Waals surface area contributed by atoms with Gasteiger partial charge in [0.1, 0.15) is 11.6 Å². The van der Waals surface area contributed by atoms with E-state index in [-0.39, 0.29) is 5.91 Å². The van der Waals surface area contributed by atoms with Crippen LogP contribution in [-0.2, 0) is 32.5 Å². The van der Waals surface area contributed by atoms with Crippen molar-refractivity contribution in [3.8, 4) is 0 Å². The molecule has 7 heteroatoms. The molecular formula is C18H27N5O2. The molecule has 0 aliphatic carbocycles. The smallest absolute Gasteiger partial charge is 0.287 e. The highest BCUT2D eigenvalue weighted by Gasteiger charge is 2.20. The summed E-state index contributed by atoms with van der Waals surface area (Å²) >= 11 is 0. The minimum Gasteiger partial charge on any atom is -0.456 e. The quantitative estimate of drug-likeness (QED) is 0.793. The average molecular weight is 345 g/mol. The third-order valence-electron chi connectivity index (χ3n) is 4.82. The van der Waals surface area contributed by atoms with Crippen LogP contribution in [0.1, 0.15) is 60.7 Å². The molecule has 1 amide bonds. The topological polar surface area (TPSA) is 76.2 Å². The number of aromatic nitrogens is 3. The molecule has 25 heavy (non-hydrogen) atoms.